The molecule has 2 aromatic carbocycles. The second kappa shape index (κ2) is 7.73. The van der Waals surface area contributed by atoms with Gasteiger partial charge in [0.2, 0.25) is 0 Å². The van der Waals surface area contributed by atoms with Gasteiger partial charge in [0.1, 0.15) is 5.82 Å². The summed E-state index contributed by atoms with van der Waals surface area (Å²) >= 11 is 0. The van der Waals surface area contributed by atoms with Crippen LogP contribution in [-0.2, 0) is 19.4 Å². The topological polar surface area (TPSA) is 27.1 Å². The summed E-state index contributed by atoms with van der Waals surface area (Å²) in [7, 11) is 1.47. The molecule has 0 aliphatic rings. The predicted octanol–water partition coefficient (Wildman–Crippen LogP) is 5.51. The molecular formula is C22H25FN2O. The third-order valence-electron chi connectivity index (χ3n) is 4.79. The Balaban J connectivity index is 2.16. The van der Waals surface area contributed by atoms with Gasteiger partial charge in [-0.3, -0.25) is 0 Å². The van der Waals surface area contributed by atoms with Crippen LogP contribution in [0.4, 0.5) is 4.39 Å². The van der Waals surface area contributed by atoms with Crippen molar-refractivity contribution < 1.29 is 9.13 Å². The minimum absolute atomic E-state index is 0.244. The first-order valence-electron chi connectivity index (χ1n) is 9.15. The van der Waals surface area contributed by atoms with Gasteiger partial charge < -0.3 is 9.30 Å². The Hall–Kier alpha value is -2.62. The molecule has 3 rings (SSSR count). The molecule has 3 nitrogen and oxygen atoms in total. The van der Waals surface area contributed by atoms with Crippen molar-refractivity contribution in [3.8, 4) is 28.4 Å². The van der Waals surface area contributed by atoms with E-state index >= 15 is 0 Å². The highest BCUT2D eigenvalue weighted by Crippen LogP contribution is 2.32. The largest absolute Gasteiger partial charge is 0.494 e. The van der Waals surface area contributed by atoms with Crippen LogP contribution < -0.4 is 4.74 Å². The predicted molar refractivity (Wildman–Crippen MR) is 104 cm³/mol. The number of hydrogen-bond donors (Lipinski definition) is 0. The van der Waals surface area contributed by atoms with Gasteiger partial charge in [-0.15, -0.1) is 0 Å². The first-order chi connectivity index (χ1) is 12.6. The lowest BCUT2D eigenvalue weighted by Gasteiger charge is -2.13. The molecule has 4 heteroatoms. The Kier molecular flexibility index (Phi) is 5.40. The van der Waals surface area contributed by atoms with Gasteiger partial charge in [0.25, 0.3) is 0 Å². The third kappa shape index (κ3) is 3.24. The maximum atomic E-state index is 14.1. The molecule has 3 aromatic rings. The zero-order chi connectivity index (χ0) is 18.7. The Morgan fingerprint density at radius 1 is 1.04 bits per heavy atom. The average molecular weight is 352 g/mol. The van der Waals surface area contributed by atoms with Gasteiger partial charge in [0.15, 0.2) is 11.6 Å². The third-order valence-corrected chi connectivity index (χ3v) is 4.79. The molecule has 0 saturated heterocycles. The Morgan fingerprint density at radius 3 is 2.27 bits per heavy atom. The van der Waals surface area contributed by atoms with E-state index in [4.69, 9.17) is 9.72 Å². The standard InChI is InChI=1S/C22H25FN2O/c1-5-15-9-8-10-16(6-2)21(15)22-24-19(14-25(22)7-3)17-11-12-20(26-4)18(23)13-17/h8-14H,5-7H2,1-4H3. The van der Waals surface area contributed by atoms with E-state index < -0.39 is 0 Å². The molecule has 1 aromatic heterocycles. The lowest BCUT2D eigenvalue weighted by atomic mass is 9.97. The first-order valence-corrected chi connectivity index (χ1v) is 9.15. The van der Waals surface area contributed by atoms with Crippen molar-refractivity contribution in [1.29, 1.82) is 0 Å². The molecule has 1 heterocycles. The number of ether oxygens (including phenoxy) is 1. The molecule has 0 N–H and O–H groups in total. The Labute approximate surface area is 154 Å². The second-order valence-corrected chi connectivity index (χ2v) is 6.24. The van der Waals surface area contributed by atoms with Gasteiger partial charge in [-0.2, -0.15) is 0 Å². The van der Waals surface area contributed by atoms with Crippen LogP contribution in [0.2, 0.25) is 0 Å². The van der Waals surface area contributed by atoms with Crippen LogP contribution in [0.5, 0.6) is 5.75 Å². The second-order valence-electron chi connectivity index (χ2n) is 6.24. The minimum atomic E-state index is -0.374. The van der Waals surface area contributed by atoms with E-state index in [0.717, 1.165) is 36.5 Å². The Bertz CT molecular complexity index is 892. The molecule has 0 amide bonds. The summed E-state index contributed by atoms with van der Waals surface area (Å²) in [6.45, 7) is 7.24. The maximum Gasteiger partial charge on any atom is 0.165 e. The van der Waals surface area contributed by atoms with Gasteiger partial charge in [-0.1, -0.05) is 32.0 Å². The molecule has 0 aliphatic heterocycles. The van der Waals surface area contributed by atoms with Crippen LogP contribution in [0.25, 0.3) is 22.6 Å². The number of methoxy groups -OCH3 is 1. The van der Waals surface area contributed by atoms with Crippen molar-refractivity contribution in [1.82, 2.24) is 9.55 Å². The Morgan fingerprint density at radius 2 is 1.73 bits per heavy atom. The summed E-state index contributed by atoms with van der Waals surface area (Å²) in [5, 5.41) is 0. The molecule has 136 valence electrons. The number of nitrogens with zero attached hydrogens (tertiary/aromatic N) is 2. The van der Waals surface area contributed by atoms with E-state index in [1.165, 1.54) is 29.9 Å². The number of aryl methyl sites for hydroxylation is 3. The van der Waals surface area contributed by atoms with Crippen molar-refractivity contribution in [2.24, 2.45) is 0 Å². The number of hydrogen-bond acceptors (Lipinski definition) is 2. The fourth-order valence-corrected chi connectivity index (χ4v) is 3.35. The summed E-state index contributed by atoms with van der Waals surface area (Å²) in [6, 6.07) is 11.4. The number of aromatic nitrogens is 2. The summed E-state index contributed by atoms with van der Waals surface area (Å²) < 4.78 is 21.3. The quantitative estimate of drug-likeness (QED) is 0.585. The number of benzene rings is 2. The molecule has 0 fully saturated rings. The van der Waals surface area contributed by atoms with Crippen LogP contribution in [-0.4, -0.2) is 16.7 Å². The lowest BCUT2D eigenvalue weighted by Crippen LogP contribution is -2.02. The van der Waals surface area contributed by atoms with Crippen molar-refractivity contribution in [2.45, 2.75) is 40.2 Å². The molecule has 0 saturated carbocycles. The zero-order valence-electron chi connectivity index (χ0n) is 15.8. The first kappa shape index (κ1) is 18.2. The van der Waals surface area contributed by atoms with Crippen molar-refractivity contribution in [2.75, 3.05) is 7.11 Å². The highest BCUT2D eigenvalue weighted by atomic mass is 19.1. The van der Waals surface area contributed by atoms with E-state index in [-0.39, 0.29) is 11.6 Å². The molecular weight excluding hydrogens is 327 g/mol. The van der Waals surface area contributed by atoms with Crippen molar-refractivity contribution in [3.63, 3.8) is 0 Å². The highest BCUT2D eigenvalue weighted by Gasteiger charge is 2.17. The lowest BCUT2D eigenvalue weighted by molar-refractivity contribution is 0.386. The number of halogens is 1. The van der Waals surface area contributed by atoms with Crippen molar-refractivity contribution in [3.05, 3.63) is 59.5 Å². The summed E-state index contributed by atoms with van der Waals surface area (Å²) in [5.41, 5.74) is 5.31. The van der Waals surface area contributed by atoms with Crippen LogP contribution >= 0.6 is 0 Å². The van der Waals surface area contributed by atoms with Crippen LogP contribution in [0.15, 0.2) is 42.6 Å². The van der Waals surface area contributed by atoms with Gasteiger partial charge in [-0.25, -0.2) is 9.37 Å². The molecule has 0 bridgehead atoms. The molecule has 26 heavy (non-hydrogen) atoms. The number of imidazole rings is 1. The van der Waals surface area contributed by atoms with Gasteiger partial charge in [-0.05, 0) is 49.1 Å². The highest BCUT2D eigenvalue weighted by molar-refractivity contribution is 5.70. The SMILES string of the molecule is CCc1cccc(CC)c1-c1nc(-c2ccc(OC)c(F)c2)cn1CC. The average Bonchev–Trinajstić information content (AvgIpc) is 3.11. The van der Waals surface area contributed by atoms with E-state index in [1.54, 1.807) is 6.07 Å². The summed E-state index contributed by atoms with van der Waals surface area (Å²) in [6.07, 6.45) is 3.90. The van der Waals surface area contributed by atoms with Gasteiger partial charge in [0, 0.05) is 23.9 Å². The normalized spacial score (nSPS) is 11.0. The van der Waals surface area contributed by atoms with E-state index in [9.17, 15) is 4.39 Å². The van der Waals surface area contributed by atoms with Crippen LogP contribution in [0.1, 0.15) is 31.9 Å². The zero-order valence-corrected chi connectivity index (χ0v) is 15.8. The van der Waals surface area contributed by atoms with E-state index in [1.807, 2.05) is 12.3 Å². The number of rotatable bonds is 6. The molecule has 0 aliphatic carbocycles. The fourth-order valence-electron chi connectivity index (χ4n) is 3.35. The van der Waals surface area contributed by atoms with E-state index in [0.29, 0.717) is 0 Å². The molecule has 0 atom stereocenters. The van der Waals surface area contributed by atoms with Gasteiger partial charge in [0.05, 0.1) is 12.8 Å². The van der Waals surface area contributed by atoms with Crippen molar-refractivity contribution >= 4 is 0 Å². The van der Waals surface area contributed by atoms with E-state index in [2.05, 4.69) is 43.5 Å². The smallest absolute Gasteiger partial charge is 0.165 e. The summed E-state index contributed by atoms with van der Waals surface area (Å²) in [4.78, 5) is 4.89. The maximum absolute atomic E-state index is 14.1. The molecule has 0 unspecified atom stereocenters. The monoisotopic (exact) mass is 352 g/mol. The van der Waals surface area contributed by atoms with Gasteiger partial charge >= 0.3 is 0 Å². The van der Waals surface area contributed by atoms with Crippen LogP contribution in [0.3, 0.4) is 0 Å². The molecule has 0 radical (unpaired) electrons. The molecule has 0 spiro atoms. The minimum Gasteiger partial charge on any atom is -0.494 e. The van der Waals surface area contributed by atoms with Crippen LogP contribution in [0, 0.1) is 5.82 Å². The fraction of sp³-hybridized carbons (Fsp3) is 0.318. The summed E-state index contributed by atoms with van der Waals surface area (Å²) in [5.74, 6) is 0.822.